The Balaban J connectivity index is 1.97. The normalized spacial score (nSPS) is 12.2. The predicted octanol–water partition coefficient (Wildman–Crippen LogP) is 1.72. The molecule has 0 fully saturated rings. The zero-order valence-electron chi connectivity index (χ0n) is 12.0. The number of halogens is 1. The molecule has 2 aromatic rings. The van der Waals surface area contributed by atoms with Crippen molar-refractivity contribution in [1.29, 1.82) is 0 Å². The van der Waals surface area contributed by atoms with Crippen LogP contribution >= 0.6 is 15.9 Å². The molecule has 1 unspecified atom stereocenters. The van der Waals surface area contributed by atoms with Gasteiger partial charge in [-0.3, -0.25) is 4.79 Å². The Hall–Kier alpha value is -1.73. The molecule has 0 spiro atoms. The highest BCUT2D eigenvalue weighted by Crippen LogP contribution is 2.17. The first kappa shape index (κ1) is 15.7. The molecule has 0 aliphatic heterocycles. The molecule has 0 aliphatic carbocycles. The van der Waals surface area contributed by atoms with Gasteiger partial charge in [-0.1, -0.05) is 39.3 Å². The minimum atomic E-state index is -0.188. The second-order valence-electron chi connectivity index (χ2n) is 4.97. The van der Waals surface area contributed by atoms with Crippen LogP contribution < -0.4 is 5.73 Å². The summed E-state index contributed by atoms with van der Waals surface area (Å²) in [7, 11) is 1.77. The zero-order valence-corrected chi connectivity index (χ0v) is 13.6. The minimum absolute atomic E-state index is 0.0353. The number of amides is 1. The number of aromatic nitrogens is 3. The summed E-state index contributed by atoms with van der Waals surface area (Å²) in [5.41, 5.74) is 7.46. The molecule has 0 aliphatic rings. The largest absolute Gasteiger partial charge is 0.340 e. The second kappa shape index (κ2) is 6.82. The lowest BCUT2D eigenvalue weighted by atomic mass is 10.2. The fourth-order valence-electron chi connectivity index (χ4n) is 1.83. The lowest BCUT2D eigenvalue weighted by Gasteiger charge is -2.17. The van der Waals surface area contributed by atoms with Crippen molar-refractivity contribution in [3.05, 3.63) is 46.2 Å². The molecule has 1 aromatic heterocycles. The summed E-state index contributed by atoms with van der Waals surface area (Å²) >= 11 is 3.48. The van der Waals surface area contributed by atoms with Gasteiger partial charge in [0.1, 0.15) is 6.54 Å². The van der Waals surface area contributed by atoms with Gasteiger partial charge in [0.05, 0.1) is 11.9 Å². The molecule has 0 saturated heterocycles. The molecule has 21 heavy (non-hydrogen) atoms. The first-order valence-electron chi connectivity index (χ1n) is 6.60. The summed E-state index contributed by atoms with van der Waals surface area (Å²) in [5.74, 6) is -0.0353. The SMILES string of the molecule is CC(N)c1cn(CC(=O)N(C)Cc2ccccc2Br)nn1. The van der Waals surface area contributed by atoms with E-state index < -0.39 is 0 Å². The van der Waals surface area contributed by atoms with Crippen molar-refractivity contribution in [3.63, 3.8) is 0 Å². The van der Waals surface area contributed by atoms with Crippen LogP contribution in [0.3, 0.4) is 0 Å². The van der Waals surface area contributed by atoms with Crippen molar-refractivity contribution in [2.45, 2.75) is 26.1 Å². The van der Waals surface area contributed by atoms with Crippen LogP contribution in [-0.4, -0.2) is 32.8 Å². The Labute approximate surface area is 132 Å². The van der Waals surface area contributed by atoms with Crippen molar-refractivity contribution >= 4 is 21.8 Å². The highest BCUT2D eigenvalue weighted by atomic mass is 79.9. The van der Waals surface area contributed by atoms with Gasteiger partial charge in [0.15, 0.2) is 0 Å². The molecule has 1 heterocycles. The summed E-state index contributed by atoms with van der Waals surface area (Å²) < 4.78 is 2.50. The Bertz CT molecular complexity index is 625. The molecule has 0 radical (unpaired) electrons. The minimum Gasteiger partial charge on any atom is -0.340 e. The monoisotopic (exact) mass is 351 g/mol. The number of carbonyl (C=O) groups excluding carboxylic acids is 1. The molecule has 1 aromatic carbocycles. The van der Waals surface area contributed by atoms with E-state index in [1.807, 2.05) is 31.2 Å². The molecule has 1 amide bonds. The molecule has 6 nitrogen and oxygen atoms in total. The Morgan fingerprint density at radius 3 is 2.81 bits per heavy atom. The molecular weight excluding hydrogens is 334 g/mol. The van der Waals surface area contributed by atoms with Gasteiger partial charge in [-0.05, 0) is 18.6 Å². The van der Waals surface area contributed by atoms with Gasteiger partial charge in [-0.2, -0.15) is 0 Å². The third kappa shape index (κ3) is 4.12. The van der Waals surface area contributed by atoms with Gasteiger partial charge in [0.2, 0.25) is 5.91 Å². The first-order valence-corrected chi connectivity index (χ1v) is 7.39. The Morgan fingerprint density at radius 2 is 2.19 bits per heavy atom. The molecule has 2 rings (SSSR count). The van der Waals surface area contributed by atoms with Gasteiger partial charge in [0.25, 0.3) is 0 Å². The number of likely N-dealkylation sites (N-methyl/N-ethyl adjacent to an activating group) is 1. The summed E-state index contributed by atoms with van der Waals surface area (Å²) in [5, 5.41) is 7.85. The number of carbonyl (C=O) groups is 1. The van der Waals surface area contributed by atoms with Crippen LogP contribution in [0.2, 0.25) is 0 Å². The average Bonchev–Trinajstić information content (AvgIpc) is 2.90. The van der Waals surface area contributed by atoms with Crippen molar-refractivity contribution in [2.24, 2.45) is 5.73 Å². The summed E-state index contributed by atoms with van der Waals surface area (Å²) in [6, 6.07) is 7.65. The van der Waals surface area contributed by atoms with Crippen LogP contribution in [0, 0.1) is 0 Å². The van der Waals surface area contributed by atoms with Gasteiger partial charge in [-0.15, -0.1) is 5.10 Å². The lowest BCUT2D eigenvalue weighted by molar-refractivity contribution is -0.131. The fraction of sp³-hybridized carbons (Fsp3) is 0.357. The van der Waals surface area contributed by atoms with E-state index in [-0.39, 0.29) is 18.5 Å². The van der Waals surface area contributed by atoms with Gasteiger partial charge >= 0.3 is 0 Å². The van der Waals surface area contributed by atoms with Crippen molar-refractivity contribution in [2.75, 3.05) is 7.05 Å². The van der Waals surface area contributed by atoms with Crippen LogP contribution in [0.25, 0.3) is 0 Å². The Morgan fingerprint density at radius 1 is 1.48 bits per heavy atom. The maximum absolute atomic E-state index is 12.2. The topological polar surface area (TPSA) is 77.0 Å². The van der Waals surface area contributed by atoms with Gasteiger partial charge in [-0.25, -0.2) is 4.68 Å². The highest BCUT2D eigenvalue weighted by Gasteiger charge is 2.13. The number of benzene rings is 1. The smallest absolute Gasteiger partial charge is 0.244 e. The van der Waals surface area contributed by atoms with E-state index in [4.69, 9.17) is 5.73 Å². The van der Waals surface area contributed by atoms with Crippen LogP contribution in [0.5, 0.6) is 0 Å². The van der Waals surface area contributed by atoms with Crippen LogP contribution in [-0.2, 0) is 17.9 Å². The van der Waals surface area contributed by atoms with Gasteiger partial charge in [0, 0.05) is 24.1 Å². The number of hydrogen-bond donors (Lipinski definition) is 1. The van der Waals surface area contributed by atoms with E-state index in [9.17, 15) is 4.79 Å². The van der Waals surface area contributed by atoms with E-state index in [0.717, 1.165) is 10.0 Å². The summed E-state index contributed by atoms with van der Waals surface area (Å²) in [4.78, 5) is 13.9. The molecule has 112 valence electrons. The molecular formula is C14H18BrN5O. The van der Waals surface area contributed by atoms with E-state index in [1.165, 1.54) is 4.68 Å². The maximum Gasteiger partial charge on any atom is 0.244 e. The summed E-state index contributed by atoms with van der Waals surface area (Å²) in [6.07, 6.45) is 1.70. The van der Waals surface area contributed by atoms with E-state index in [0.29, 0.717) is 12.2 Å². The number of nitrogens with two attached hydrogens (primary N) is 1. The van der Waals surface area contributed by atoms with Crippen LogP contribution in [0.1, 0.15) is 24.2 Å². The lowest BCUT2D eigenvalue weighted by Crippen LogP contribution is -2.30. The predicted molar refractivity (Wildman–Crippen MR) is 83.2 cm³/mol. The molecule has 0 bridgehead atoms. The molecule has 1 atom stereocenters. The molecule has 0 saturated carbocycles. The van der Waals surface area contributed by atoms with E-state index >= 15 is 0 Å². The number of rotatable bonds is 5. The first-order chi connectivity index (χ1) is 9.97. The van der Waals surface area contributed by atoms with Crippen LogP contribution in [0.4, 0.5) is 0 Å². The van der Waals surface area contributed by atoms with Gasteiger partial charge < -0.3 is 10.6 Å². The average molecular weight is 352 g/mol. The quantitative estimate of drug-likeness (QED) is 0.889. The zero-order chi connectivity index (χ0) is 15.4. The fourth-order valence-corrected chi connectivity index (χ4v) is 2.24. The van der Waals surface area contributed by atoms with Crippen molar-refractivity contribution < 1.29 is 4.79 Å². The molecule has 7 heteroatoms. The second-order valence-corrected chi connectivity index (χ2v) is 5.83. The third-order valence-corrected chi connectivity index (χ3v) is 3.88. The standard InChI is InChI=1S/C14H18BrN5O/c1-10(16)13-8-20(18-17-13)9-14(21)19(2)7-11-5-3-4-6-12(11)15/h3-6,8,10H,7,9,16H2,1-2H3. The van der Waals surface area contributed by atoms with Crippen molar-refractivity contribution in [3.8, 4) is 0 Å². The Kier molecular flexibility index (Phi) is 5.08. The maximum atomic E-state index is 12.2. The number of nitrogens with zero attached hydrogens (tertiary/aromatic N) is 4. The third-order valence-electron chi connectivity index (χ3n) is 3.11. The highest BCUT2D eigenvalue weighted by molar-refractivity contribution is 9.10. The van der Waals surface area contributed by atoms with Crippen LogP contribution in [0.15, 0.2) is 34.9 Å². The number of hydrogen-bond acceptors (Lipinski definition) is 4. The summed E-state index contributed by atoms with van der Waals surface area (Å²) in [6.45, 7) is 2.52. The van der Waals surface area contributed by atoms with E-state index in [1.54, 1.807) is 18.1 Å². The molecule has 2 N–H and O–H groups in total. The van der Waals surface area contributed by atoms with Crippen molar-refractivity contribution in [1.82, 2.24) is 19.9 Å². The van der Waals surface area contributed by atoms with E-state index in [2.05, 4.69) is 26.2 Å².